The fourth-order valence-corrected chi connectivity index (χ4v) is 3.94. The van der Waals surface area contributed by atoms with Crippen LogP contribution in [-0.2, 0) is 27.8 Å². The molecular weight excluding hydrogens is 374 g/mol. The number of amides is 1. The van der Waals surface area contributed by atoms with Crippen molar-refractivity contribution in [3.63, 3.8) is 0 Å². The van der Waals surface area contributed by atoms with E-state index in [1.54, 1.807) is 0 Å². The number of H-pyrrole nitrogens is 1. The van der Waals surface area contributed by atoms with Gasteiger partial charge in [-0.05, 0) is 36.1 Å². The second-order valence-corrected chi connectivity index (χ2v) is 8.89. The van der Waals surface area contributed by atoms with Crippen molar-refractivity contribution in [3.05, 3.63) is 71.4 Å². The van der Waals surface area contributed by atoms with Crippen LogP contribution in [0.2, 0.25) is 0 Å². The molecule has 1 amide bonds. The van der Waals surface area contributed by atoms with Gasteiger partial charge >= 0.3 is 0 Å². The molecular formula is C21H25N3O3S. The van der Waals surface area contributed by atoms with E-state index in [-0.39, 0.29) is 19.0 Å². The SMILES string of the molecule is Cc1ccccc1CNC(=O)CN(CCc1c[nH]c2ccccc12)S(C)(=O)=O. The van der Waals surface area contributed by atoms with Crippen molar-refractivity contribution < 1.29 is 13.2 Å². The van der Waals surface area contributed by atoms with E-state index in [1.165, 1.54) is 4.31 Å². The van der Waals surface area contributed by atoms with Crippen LogP contribution in [0.5, 0.6) is 0 Å². The van der Waals surface area contributed by atoms with Gasteiger partial charge < -0.3 is 10.3 Å². The number of aryl methyl sites for hydroxylation is 1. The normalized spacial score (nSPS) is 11.8. The number of hydrogen-bond donors (Lipinski definition) is 2. The van der Waals surface area contributed by atoms with Gasteiger partial charge in [-0.1, -0.05) is 42.5 Å². The van der Waals surface area contributed by atoms with Gasteiger partial charge in [-0.25, -0.2) is 8.42 Å². The van der Waals surface area contributed by atoms with Gasteiger partial charge in [0.25, 0.3) is 0 Å². The van der Waals surface area contributed by atoms with Crippen LogP contribution < -0.4 is 5.32 Å². The predicted octanol–water partition coefficient (Wildman–Crippen LogP) is 2.60. The molecule has 0 saturated carbocycles. The second kappa shape index (κ2) is 8.58. The van der Waals surface area contributed by atoms with E-state index < -0.39 is 10.0 Å². The zero-order valence-corrected chi connectivity index (χ0v) is 16.9. The van der Waals surface area contributed by atoms with Crippen LogP contribution in [0.1, 0.15) is 16.7 Å². The monoisotopic (exact) mass is 399 g/mol. The number of fused-ring (bicyclic) bond motifs is 1. The van der Waals surface area contributed by atoms with Crippen LogP contribution in [-0.4, -0.2) is 43.0 Å². The van der Waals surface area contributed by atoms with Gasteiger partial charge in [0, 0.05) is 30.2 Å². The number of rotatable bonds is 8. The molecule has 1 aromatic heterocycles. The summed E-state index contributed by atoms with van der Waals surface area (Å²) in [5.74, 6) is -0.312. The summed E-state index contributed by atoms with van der Waals surface area (Å²) in [6.07, 6.45) is 3.56. The van der Waals surface area contributed by atoms with Crippen LogP contribution in [0, 0.1) is 6.92 Å². The topological polar surface area (TPSA) is 82.3 Å². The number of nitrogens with one attached hydrogen (secondary N) is 2. The van der Waals surface area contributed by atoms with Crippen molar-refractivity contribution in [3.8, 4) is 0 Å². The second-order valence-electron chi connectivity index (χ2n) is 6.91. The van der Waals surface area contributed by atoms with Gasteiger partial charge in [-0.15, -0.1) is 0 Å². The molecule has 3 rings (SSSR count). The van der Waals surface area contributed by atoms with Crippen molar-refractivity contribution in [2.24, 2.45) is 0 Å². The first kappa shape index (κ1) is 20.1. The minimum absolute atomic E-state index is 0.187. The standard InChI is InChI=1S/C21H25N3O3S/c1-16-7-3-4-8-17(16)13-23-21(25)15-24(28(2,26)27)12-11-18-14-22-20-10-6-5-9-19(18)20/h3-10,14,22H,11-13,15H2,1-2H3,(H,23,25). The molecule has 0 bridgehead atoms. The number of aromatic amines is 1. The highest BCUT2D eigenvalue weighted by Gasteiger charge is 2.20. The molecule has 148 valence electrons. The number of aromatic nitrogens is 1. The summed E-state index contributed by atoms with van der Waals surface area (Å²) in [5, 5.41) is 3.88. The van der Waals surface area contributed by atoms with E-state index in [0.29, 0.717) is 13.0 Å². The number of para-hydroxylation sites is 1. The third-order valence-corrected chi connectivity index (χ3v) is 6.08. The number of carbonyl (C=O) groups is 1. The zero-order valence-electron chi connectivity index (χ0n) is 16.1. The summed E-state index contributed by atoms with van der Waals surface area (Å²) in [4.78, 5) is 15.5. The van der Waals surface area contributed by atoms with E-state index in [9.17, 15) is 13.2 Å². The maximum absolute atomic E-state index is 12.3. The molecule has 0 aliphatic carbocycles. The van der Waals surface area contributed by atoms with Gasteiger partial charge in [-0.2, -0.15) is 4.31 Å². The van der Waals surface area contributed by atoms with E-state index in [0.717, 1.165) is 33.8 Å². The number of benzene rings is 2. The van der Waals surface area contributed by atoms with E-state index in [2.05, 4.69) is 10.3 Å². The Labute approximate surface area is 165 Å². The van der Waals surface area contributed by atoms with Gasteiger partial charge in [0.15, 0.2) is 0 Å². The highest BCUT2D eigenvalue weighted by Crippen LogP contribution is 2.18. The highest BCUT2D eigenvalue weighted by atomic mass is 32.2. The highest BCUT2D eigenvalue weighted by molar-refractivity contribution is 7.88. The Kier molecular flexibility index (Phi) is 6.16. The Morgan fingerprint density at radius 3 is 2.54 bits per heavy atom. The maximum Gasteiger partial charge on any atom is 0.235 e. The maximum atomic E-state index is 12.3. The summed E-state index contributed by atoms with van der Waals surface area (Å²) in [6, 6.07) is 15.7. The largest absolute Gasteiger partial charge is 0.361 e. The van der Waals surface area contributed by atoms with Crippen LogP contribution >= 0.6 is 0 Å². The molecule has 3 aromatic rings. The summed E-state index contributed by atoms with van der Waals surface area (Å²) in [6.45, 7) is 2.42. The fraction of sp³-hybridized carbons (Fsp3) is 0.286. The molecule has 0 fully saturated rings. The summed E-state index contributed by atoms with van der Waals surface area (Å²) < 4.78 is 25.5. The van der Waals surface area contributed by atoms with Crippen molar-refractivity contribution in [1.29, 1.82) is 0 Å². The van der Waals surface area contributed by atoms with Gasteiger partial charge in [0.2, 0.25) is 15.9 Å². The lowest BCUT2D eigenvalue weighted by Crippen LogP contribution is -2.41. The molecule has 1 heterocycles. The first-order valence-electron chi connectivity index (χ1n) is 9.16. The lowest BCUT2D eigenvalue weighted by atomic mass is 10.1. The molecule has 2 aromatic carbocycles. The smallest absolute Gasteiger partial charge is 0.235 e. The lowest BCUT2D eigenvalue weighted by Gasteiger charge is -2.19. The van der Waals surface area contributed by atoms with Crippen LogP contribution in [0.4, 0.5) is 0 Å². The molecule has 0 spiro atoms. The van der Waals surface area contributed by atoms with Crippen molar-refractivity contribution in [2.75, 3.05) is 19.3 Å². The molecule has 6 nitrogen and oxygen atoms in total. The molecule has 7 heteroatoms. The van der Waals surface area contributed by atoms with Crippen LogP contribution in [0.15, 0.2) is 54.7 Å². The summed E-state index contributed by atoms with van der Waals surface area (Å²) in [5.41, 5.74) is 4.15. The third kappa shape index (κ3) is 4.99. The minimum Gasteiger partial charge on any atom is -0.361 e. The molecule has 0 radical (unpaired) electrons. The molecule has 0 atom stereocenters. The van der Waals surface area contributed by atoms with Gasteiger partial charge in [-0.3, -0.25) is 4.79 Å². The Hall–Kier alpha value is -2.64. The third-order valence-electron chi connectivity index (χ3n) is 4.83. The predicted molar refractivity (Wildman–Crippen MR) is 111 cm³/mol. The lowest BCUT2D eigenvalue weighted by molar-refractivity contribution is -0.121. The van der Waals surface area contributed by atoms with Crippen LogP contribution in [0.3, 0.4) is 0 Å². The van der Waals surface area contributed by atoms with Gasteiger partial charge in [0.05, 0.1) is 12.8 Å². The molecule has 0 unspecified atom stereocenters. The number of sulfonamides is 1. The Morgan fingerprint density at radius 2 is 1.79 bits per heavy atom. The molecule has 0 aliphatic rings. The van der Waals surface area contributed by atoms with Crippen LogP contribution in [0.25, 0.3) is 10.9 Å². The molecule has 2 N–H and O–H groups in total. The average Bonchev–Trinajstić information content (AvgIpc) is 3.07. The molecule has 28 heavy (non-hydrogen) atoms. The number of hydrogen-bond acceptors (Lipinski definition) is 3. The summed E-state index contributed by atoms with van der Waals surface area (Å²) >= 11 is 0. The van der Waals surface area contributed by atoms with Gasteiger partial charge in [0.1, 0.15) is 0 Å². The van der Waals surface area contributed by atoms with Crippen molar-refractivity contribution >= 4 is 26.8 Å². The average molecular weight is 400 g/mol. The van der Waals surface area contributed by atoms with Crippen molar-refractivity contribution in [1.82, 2.24) is 14.6 Å². The van der Waals surface area contributed by atoms with Crippen molar-refractivity contribution in [2.45, 2.75) is 19.9 Å². The number of nitrogens with zero attached hydrogens (tertiary/aromatic N) is 1. The summed E-state index contributed by atoms with van der Waals surface area (Å²) in [7, 11) is -3.50. The Bertz CT molecular complexity index is 1070. The van der Waals surface area contributed by atoms with E-state index in [1.807, 2.05) is 61.7 Å². The molecule has 0 saturated heterocycles. The zero-order chi connectivity index (χ0) is 20.1. The first-order chi connectivity index (χ1) is 13.3. The Balaban J connectivity index is 1.62. The quantitative estimate of drug-likeness (QED) is 0.611. The number of carbonyl (C=O) groups excluding carboxylic acids is 1. The van der Waals surface area contributed by atoms with E-state index in [4.69, 9.17) is 0 Å². The van der Waals surface area contributed by atoms with E-state index >= 15 is 0 Å². The minimum atomic E-state index is -3.50. The first-order valence-corrected chi connectivity index (χ1v) is 11.0. The fourth-order valence-electron chi connectivity index (χ4n) is 3.16. The molecule has 0 aliphatic heterocycles. The Morgan fingerprint density at radius 1 is 1.07 bits per heavy atom.